The highest BCUT2D eigenvalue weighted by Gasteiger charge is 2.31. The minimum atomic E-state index is -1.67. The number of piperidine rings is 1. The van der Waals surface area contributed by atoms with E-state index in [-0.39, 0.29) is 23.5 Å². The molecule has 1 aliphatic heterocycles. The largest absolute Gasteiger partial charge is 0.354 e. The molecule has 0 bridgehead atoms. The van der Waals surface area contributed by atoms with Crippen molar-refractivity contribution in [2.24, 2.45) is 5.92 Å². The number of anilines is 2. The first-order valence-electron chi connectivity index (χ1n) is 10.3. The Kier molecular flexibility index (Phi) is 7.89. The van der Waals surface area contributed by atoms with Crippen LogP contribution in [0.25, 0.3) is 0 Å². The van der Waals surface area contributed by atoms with E-state index in [1.165, 1.54) is 4.90 Å². The van der Waals surface area contributed by atoms with Crippen molar-refractivity contribution in [3.63, 3.8) is 0 Å². The summed E-state index contributed by atoms with van der Waals surface area (Å²) in [6.45, 7) is 2.98. The highest BCUT2D eigenvalue weighted by molar-refractivity contribution is 6.29. The van der Waals surface area contributed by atoms with Crippen LogP contribution < -0.4 is 10.2 Å². The molecule has 7 nitrogen and oxygen atoms in total. The molecular weight excluding hydrogens is 447 g/mol. The normalized spacial score (nSPS) is 16.0. The summed E-state index contributed by atoms with van der Waals surface area (Å²) in [5.41, 5.74) is -0.483. The number of aromatic nitrogens is 2. The molecule has 0 saturated carbocycles. The third-order valence-electron chi connectivity index (χ3n) is 5.16. The van der Waals surface area contributed by atoms with Crippen LogP contribution in [0.1, 0.15) is 26.2 Å². The molecule has 0 radical (unpaired) electrons. The Bertz CT molecular complexity index is 977. The average Bonchev–Trinajstić information content (AvgIpc) is 2.79. The van der Waals surface area contributed by atoms with Crippen LogP contribution in [0.4, 0.5) is 24.7 Å². The van der Waals surface area contributed by atoms with Gasteiger partial charge in [0.05, 0.1) is 18.2 Å². The Labute approximate surface area is 188 Å². The Balaban J connectivity index is 1.66. The second kappa shape index (κ2) is 10.6. The van der Waals surface area contributed by atoms with Crippen molar-refractivity contribution in [2.45, 2.75) is 26.2 Å². The molecule has 2 aromatic rings. The van der Waals surface area contributed by atoms with Crippen molar-refractivity contribution in [3.05, 3.63) is 46.9 Å². The Morgan fingerprint density at radius 3 is 2.66 bits per heavy atom. The standard InChI is InChI=1S/C21H23ClF3N5O2/c1-2-9-30(12-18(31)26-15-6-5-14(23)19(24)20(15)25)21(32)13-4-3-10-29(11-13)17-8-7-16(22)27-28-17/h5-8,13H,2-4,9-12H2,1H3,(H,26,31)/t13-/m1/s1. The van der Waals surface area contributed by atoms with Crippen molar-refractivity contribution >= 4 is 34.9 Å². The molecule has 0 aliphatic carbocycles. The van der Waals surface area contributed by atoms with Gasteiger partial charge in [0.15, 0.2) is 28.4 Å². The summed E-state index contributed by atoms with van der Waals surface area (Å²) in [6.07, 6.45) is 2.01. The van der Waals surface area contributed by atoms with Gasteiger partial charge in [-0.2, -0.15) is 0 Å². The Morgan fingerprint density at radius 1 is 1.19 bits per heavy atom. The van der Waals surface area contributed by atoms with E-state index >= 15 is 0 Å². The van der Waals surface area contributed by atoms with Crippen LogP contribution in [0.15, 0.2) is 24.3 Å². The minimum Gasteiger partial charge on any atom is -0.354 e. The van der Waals surface area contributed by atoms with E-state index in [4.69, 9.17) is 11.6 Å². The average molecular weight is 470 g/mol. The lowest BCUT2D eigenvalue weighted by molar-refractivity contribution is -0.138. The number of nitrogens with zero attached hydrogens (tertiary/aromatic N) is 4. The first kappa shape index (κ1) is 23.8. The van der Waals surface area contributed by atoms with Gasteiger partial charge in [0.1, 0.15) is 0 Å². The molecule has 172 valence electrons. The van der Waals surface area contributed by atoms with Crippen LogP contribution in [0.3, 0.4) is 0 Å². The zero-order valence-electron chi connectivity index (χ0n) is 17.5. The molecule has 2 amide bonds. The zero-order valence-corrected chi connectivity index (χ0v) is 18.2. The van der Waals surface area contributed by atoms with Gasteiger partial charge < -0.3 is 15.1 Å². The molecule has 1 atom stereocenters. The molecule has 0 spiro atoms. The molecule has 1 fully saturated rings. The molecule has 1 N–H and O–H groups in total. The number of hydrogen-bond donors (Lipinski definition) is 1. The number of carbonyl (C=O) groups excluding carboxylic acids is 2. The van der Waals surface area contributed by atoms with Crippen LogP contribution in [0.2, 0.25) is 5.15 Å². The summed E-state index contributed by atoms with van der Waals surface area (Å²) in [4.78, 5) is 28.9. The maximum atomic E-state index is 13.9. The Morgan fingerprint density at radius 2 is 1.97 bits per heavy atom. The minimum absolute atomic E-state index is 0.209. The number of rotatable bonds is 7. The molecule has 1 aromatic heterocycles. The van der Waals surface area contributed by atoms with Crippen LogP contribution in [-0.4, -0.2) is 53.1 Å². The van der Waals surface area contributed by atoms with Crippen LogP contribution in [0.5, 0.6) is 0 Å². The van der Waals surface area contributed by atoms with E-state index in [0.29, 0.717) is 38.3 Å². The predicted octanol–water partition coefficient (Wildman–Crippen LogP) is 3.64. The van der Waals surface area contributed by atoms with Crippen molar-refractivity contribution < 1.29 is 22.8 Å². The predicted molar refractivity (Wildman–Crippen MR) is 114 cm³/mol. The number of nitrogens with one attached hydrogen (secondary N) is 1. The maximum Gasteiger partial charge on any atom is 0.244 e. The quantitative estimate of drug-likeness (QED) is 0.626. The van der Waals surface area contributed by atoms with E-state index < -0.39 is 29.0 Å². The molecule has 11 heteroatoms. The van der Waals surface area contributed by atoms with Gasteiger partial charge in [-0.25, -0.2) is 13.2 Å². The van der Waals surface area contributed by atoms with E-state index in [2.05, 4.69) is 15.5 Å². The Hall–Kier alpha value is -2.88. The number of benzene rings is 1. The molecule has 3 rings (SSSR count). The van der Waals surface area contributed by atoms with Gasteiger partial charge in [0, 0.05) is 19.6 Å². The van der Waals surface area contributed by atoms with Crippen LogP contribution in [0, 0.1) is 23.4 Å². The fourth-order valence-electron chi connectivity index (χ4n) is 3.65. The number of hydrogen-bond acceptors (Lipinski definition) is 5. The van der Waals surface area contributed by atoms with Gasteiger partial charge in [-0.05, 0) is 43.5 Å². The zero-order chi connectivity index (χ0) is 23.3. The summed E-state index contributed by atoms with van der Waals surface area (Å²) >= 11 is 5.78. The van der Waals surface area contributed by atoms with Gasteiger partial charge in [-0.15, -0.1) is 10.2 Å². The smallest absolute Gasteiger partial charge is 0.244 e. The molecule has 2 heterocycles. The van der Waals surface area contributed by atoms with Crippen molar-refractivity contribution in [2.75, 3.05) is 36.4 Å². The van der Waals surface area contributed by atoms with Gasteiger partial charge in [0.25, 0.3) is 0 Å². The van der Waals surface area contributed by atoms with Gasteiger partial charge in [-0.1, -0.05) is 18.5 Å². The monoisotopic (exact) mass is 469 g/mol. The number of halogens is 4. The van der Waals surface area contributed by atoms with Crippen molar-refractivity contribution in [3.8, 4) is 0 Å². The fraction of sp³-hybridized carbons (Fsp3) is 0.429. The number of amides is 2. The highest BCUT2D eigenvalue weighted by Crippen LogP contribution is 2.24. The van der Waals surface area contributed by atoms with E-state index in [1.807, 2.05) is 11.8 Å². The lowest BCUT2D eigenvalue weighted by atomic mass is 9.96. The van der Waals surface area contributed by atoms with Crippen molar-refractivity contribution in [1.29, 1.82) is 0 Å². The summed E-state index contributed by atoms with van der Waals surface area (Å²) in [5, 5.41) is 10.4. The summed E-state index contributed by atoms with van der Waals surface area (Å²) in [7, 11) is 0. The van der Waals surface area contributed by atoms with Gasteiger partial charge >= 0.3 is 0 Å². The summed E-state index contributed by atoms with van der Waals surface area (Å²) in [5.74, 6) is -5.17. The van der Waals surface area contributed by atoms with E-state index in [0.717, 1.165) is 18.6 Å². The lowest BCUT2D eigenvalue weighted by Crippen LogP contribution is -2.47. The highest BCUT2D eigenvalue weighted by atomic mass is 35.5. The fourth-order valence-corrected chi connectivity index (χ4v) is 3.75. The number of carbonyl (C=O) groups is 2. The van der Waals surface area contributed by atoms with Crippen LogP contribution in [-0.2, 0) is 9.59 Å². The second-order valence-electron chi connectivity index (χ2n) is 7.53. The summed E-state index contributed by atoms with van der Waals surface area (Å²) < 4.78 is 40.4. The van der Waals surface area contributed by atoms with Gasteiger partial charge in [0.2, 0.25) is 11.8 Å². The van der Waals surface area contributed by atoms with Crippen LogP contribution >= 0.6 is 11.6 Å². The van der Waals surface area contributed by atoms with Crippen molar-refractivity contribution in [1.82, 2.24) is 15.1 Å². The maximum absolute atomic E-state index is 13.9. The first-order chi connectivity index (χ1) is 15.3. The third kappa shape index (κ3) is 5.67. The van der Waals surface area contributed by atoms with E-state index in [1.54, 1.807) is 12.1 Å². The summed E-state index contributed by atoms with van der Waals surface area (Å²) in [6, 6.07) is 5.01. The van der Waals surface area contributed by atoms with E-state index in [9.17, 15) is 22.8 Å². The molecule has 1 saturated heterocycles. The SMILES string of the molecule is CCCN(CC(=O)Nc1ccc(F)c(F)c1F)C(=O)[C@@H]1CCCN(c2ccc(Cl)nn2)C1. The first-order valence-corrected chi connectivity index (χ1v) is 10.6. The molecule has 1 aromatic carbocycles. The lowest BCUT2D eigenvalue weighted by Gasteiger charge is -2.35. The third-order valence-corrected chi connectivity index (χ3v) is 5.36. The second-order valence-corrected chi connectivity index (χ2v) is 7.92. The molecular formula is C21H23ClF3N5O2. The topological polar surface area (TPSA) is 78.4 Å². The van der Waals surface area contributed by atoms with Gasteiger partial charge in [-0.3, -0.25) is 9.59 Å². The molecule has 32 heavy (non-hydrogen) atoms. The molecule has 0 unspecified atom stereocenters. The molecule has 1 aliphatic rings.